The van der Waals surface area contributed by atoms with Crippen molar-refractivity contribution in [3.05, 3.63) is 77.7 Å². The van der Waals surface area contributed by atoms with Crippen LogP contribution in [0.15, 0.2) is 61.3 Å². The quantitative estimate of drug-likeness (QED) is 0.354. The molecule has 176 valence electrons. The minimum absolute atomic E-state index is 0.0000888. The van der Waals surface area contributed by atoms with Gasteiger partial charge < -0.3 is 10.1 Å². The number of aromatic nitrogens is 5. The molecule has 1 N–H and O–H groups in total. The molecule has 0 amide bonds. The van der Waals surface area contributed by atoms with E-state index in [4.69, 9.17) is 16.3 Å². The van der Waals surface area contributed by atoms with Crippen molar-refractivity contribution >= 4 is 17.3 Å². The van der Waals surface area contributed by atoms with Crippen molar-refractivity contribution in [1.29, 1.82) is 0 Å². The van der Waals surface area contributed by atoms with Crippen LogP contribution in [0.1, 0.15) is 25.2 Å². The Kier molecular flexibility index (Phi) is 6.69. The van der Waals surface area contributed by atoms with E-state index in [0.29, 0.717) is 16.5 Å². The highest BCUT2D eigenvalue weighted by Gasteiger charge is 2.33. The fourth-order valence-corrected chi connectivity index (χ4v) is 3.35. The fraction of sp³-hybridized carbons (Fsp3) is 0.217. The van der Waals surface area contributed by atoms with E-state index in [2.05, 4.69) is 25.4 Å². The van der Waals surface area contributed by atoms with E-state index in [1.807, 2.05) is 32.0 Å². The number of alkyl halides is 3. The van der Waals surface area contributed by atoms with Crippen LogP contribution in [-0.2, 0) is 12.7 Å². The third kappa shape index (κ3) is 5.63. The second kappa shape index (κ2) is 9.68. The molecule has 0 aliphatic heterocycles. The van der Waals surface area contributed by atoms with Gasteiger partial charge in [-0.2, -0.15) is 18.3 Å². The highest BCUT2D eigenvalue weighted by molar-refractivity contribution is 6.32. The lowest BCUT2D eigenvalue weighted by molar-refractivity contribution is -0.141. The zero-order valence-electron chi connectivity index (χ0n) is 18.2. The van der Waals surface area contributed by atoms with Gasteiger partial charge in [-0.1, -0.05) is 23.7 Å². The summed E-state index contributed by atoms with van der Waals surface area (Å²) >= 11 is 6.32. The molecule has 0 unspecified atom stereocenters. The molecule has 0 bridgehead atoms. The second-order valence-corrected chi connectivity index (χ2v) is 8.05. The number of nitrogens with zero attached hydrogens (tertiary/aromatic N) is 5. The van der Waals surface area contributed by atoms with E-state index < -0.39 is 11.9 Å². The Balaban J connectivity index is 1.49. The summed E-state index contributed by atoms with van der Waals surface area (Å²) in [5, 5.41) is 7.32. The molecule has 0 radical (unpaired) electrons. The summed E-state index contributed by atoms with van der Waals surface area (Å²) < 4.78 is 46.7. The molecule has 4 rings (SSSR count). The van der Waals surface area contributed by atoms with Crippen molar-refractivity contribution < 1.29 is 17.9 Å². The largest absolute Gasteiger partial charge is 0.489 e. The van der Waals surface area contributed by atoms with Gasteiger partial charge in [-0.25, -0.2) is 14.6 Å². The maximum atomic E-state index is 13.3. The molecule has 0 fully saturated rings. The van der Waals surface area contributed by atoms with Crippen LogP contribution in [-0.4, -0.2) is 30.8 Å². The molecule has 11 heteroatoms. The third-order valence-corrected chi connectivity index (χ3v) is 4.98. The molecule has 0 saturated heterocycles. The average Bonchev–Trinajstić information content (AvgIpc) is 3.33. The Hall–Kier alpha value is -3.66. The van der Waals surface area contributed by atoms with Gasteiger partial charge in [0.25, 0.3) is 0 Å². The van der Waals surface area contributed by atoms with Gasteiger partial charge >= 0.3 is 6.18 Å². The van der Waals surface area contributed by atoms with E-state index in [1.54, 1.807) is 18.3 Å². The van der Waals surface area contributed by atoms with Crippen molar-refractivity contribution in [3.63, 3.8) is 0 Å². The molecule has 4 aromatic rings. The van der Waals surface area contributed by atoms with E-state index in [1.165, 1.54) is 18.7 Å². The van der Waals surface area contributed by atoms with Crippen molar-refractivity contribution in [2.24, 2.45) is 0 Å². The predicted octanol–water partition coefficient (Wildman–Crippen LogP) is 5.80. The number of anilines is 1. The van der Waals surface area contributed by atoms with Gasteiger partial charge in [0.15, 0.2) is 5.82 Å². The third-order valence-electron chi connectivity index (χ3n) is 4.68. The summed E-state index contributed by atoms with van der Waals surface area (Å²) in [6.45, 7) is 4.05. The zero-order valence-corrected chi connectivity index (χ0v) is 19.0. The van der Waals surface area contributed by atoms with E-state index in [9.17, 15) is 13.2 Å². The summed E-state index contributed by atoms with van der Waals surface area (Å²) in [7, 11) is 0. The fourth-order valence-electron chi connectivity index (χ4n) is 3.13. The molecule has 0 atom stereocenters. The second-order valence-electron chi connectivity index (χ2n) is 7.64. The van der Waals surface area contributed by atoms with Crippen LogP contribution in [0.25, 0.3) is 16.9 Å². The Bertz CT molecular complexity index is 1260. The molecule has 0 aliphatic rings. The monoisotopic (exact) mass is 488 g/mol. The normalized spacial score (nSPS) is 11.6. The first-order chi connectivity index (χ1) is 16.2. The lowest BCUT2D eigenvalue weighted by Crippen LogP contribution is -2.12. The van der Waals surface area contributed by atoms with Gasteiger partial charge in [0.2, 0.25) is 0 Å². The first-order valence-electron chi connectivity index (χ1n) is 10.3. The minimum Gasteiger partial charge on any atom is -0.489 e. The average molecular weight is 489 g/mol. The van der Waals surface area contributed by atoms with Gasteiger partial charge in [0.05, 0.1) is 23.4 Å². The number of hydrogen-bond acceptors (Lipinski definition) is 6. The van der Waals surface area contributed by atoms with Gasteiger partial charge in [-0.3, -0.25) is 4.98 Å². The molecule has 1 aromatic carbocycles. The van der Waals surface area contributed by atoms with Crippen LogP contribution >= 0.6 is 11.6 Å². The highest BCUT2D eigenvalue weighted by atomic mass is 35.5. The maximum Gasteiger partial charge on any atom is 0.433 e. The smallest absolute Gasteiger partial charge is 0.433 e. The summed E-state index contributed by atoms with van der Waals surface area (Å²) in [5.74, 6) is 0.606. The standard InChI is InChI=1S/C23H20ClF3N6O/c1-14(2)34-20-6-4-15(7-19(20)24)16-3-5-17(29-10-16)11-30-18-8-21(23(25,26)27)32-22(9-18)33-13-28-12-31-33/h3-10,12-14H,11H2,1-2H3,(H,30,32). The van der Waals surface area contributed by atoms with Gasteiger partial charge in [0.1, 0.15) is 24.1 Å². The number of hydrogen-bond donors (Lipinski definition) is 1. The van der Waals surface area contributed by atoms with Gasteiger partial charge in [-0.05, 0) is 43.7 Å². The van der Waals surface area contributed by atoms with E-state index in [-0.39, 0.29) is 24.2 Å². The summed E-state index contributed by atoms with van der Waals surface area (Å²) in [5.41, 5.74) is 1.55. The van der Waals surface area contributed by atoms with Crippen molar-refractivity contribution in [2.75, 3.05) is 5.32 Å². The van der Waals surface area contributed by atoms with Crippen LogP contribution in [0.3, 0.4) is 0 Å². The SMILES string of the molecule is CC(C)Oc1ccc(-c2ccc(CNc3cc(-n4cncn4)nc(C(F)(F)F)c3)nc2)cc1Cl. The number of halogens is 4. The Morgan fingerprint density at radius 3 is 2.50 bits per heavy atom. The maximum absolute atomic E-state index is 13.3. The van der Waals surface area contributed by atoms with Crippen LogP contribution in [0.5, 0.6) is 5.75 Å². The molecule has 0 saturated carbocycles. The topological polar surface area (TPSA) is 77.8 Å². The van der Waals surface area contributed by atoms with Crippen LogP contribution in [0, 0.1) is 0 Å². The lowest BCUT2D eigenvalue weighted by Gasteiger charge is -2.13. The van der Waals surface area contributed by atoms with Crippen LogP contribution < -0.4 is 10.1 Å². The summed E-state index contributed by atoms with van der Waals surface area (Å²) in [6, 6.07) is 11.6. The van der Waals surface area contributed by atoms with Gasteiger partial charge in [-0.15, -0.1) is 0 Å². The Labute approximate surface area is 198 Å². The molecule has 0 aliphatic carbocycles. The predicted molar refractivity (Wildman–Crippen MR) is 122 cm³/mol. The van der Waals surface area contributed by atoms with E-state index >= 15 is 0 Å². The van der Waals surface area contributed by atoms with Crippen molar-refractivity contribution in [1.82, 2.24) is 24.7 Å². The first-order valence-corrected chi connectivity index (χ1v) is 10.7. The number of rotatable bonds is 7. The Morgan fingerprint density at radius 1 is 1.09 bits per heavy atom. The Morgan fingerprint density at radius 2 is 1.88 bits per heavy atom. The number of ether oxygens (including phenoxy) is 1. The molecule has 34 heavy (non-hydrogen) atoms. The lowest BCUT2D eigenvalue weighted by atomic mass is 10.1. The van der Waals surface area contributed by atoms with Crippen LogP contribution in [0.4, 0.5) is 18.9 Å². The highest BCUT2D eigenvalue weighted by Crippen LogP contribution is 2.32. The first kappa shape index (κ1) is 23.5. The molecule has 7 nitrogen and oxygen atoms in total. The number of nitrogens with one attached hydrogen (secondary N) is 1. The van der Waals surface area contributed by atoms with Crippen molar-refractivity contribution in [3.8, 4) is 22.7 Å². The van der Waals surface area contributed by atoms with Gasteiger partial charge in [0, 0.05) is 23.5 Å². The molecule has 0 spiro atoms. The summed E-state index contributed by atoms with van der Waals surface area (Å²) in [6.07, 6.45) is -0.417. The number of pyridine rings is 2. The molecular weight excluding hydrogens is 469 g/mol. The molecule has 3 heterocycles. The van der Waals surface area contributed by atoms with E-state index in [0.717, 1.165) is 21.9 Å². The number of benzene rings is 1. The molecule has 3 aromatic heterocycles. The minimum atomic E-state index is -4.61. The zero-order chi connectivity index (χ0) is 24.3. The molecular formula is C23H20ClF3N6O. The summed E-state index contributed by atoms with van der Waals surface area (Å²) in [4.78, 5) is 11.8. The van der Waals surface area contributed by atoms with Crippen LogP contribution in [0.2, 0.25) is 5.02 Å². The van der Waals surface area contributed by atoms with Crippen molar-refractivity contribution in [2.45, 2.75) is 32.7 Å².